The Hall–Kier alpha value is -2.00. The van der Waals surface area contributed by atoms with Gasteiger partial charge >= 0.3 is 0 Å². The van der Waals surface area contributed by atoms with Gasteiger partial charge in [0, 0.05) is 5.56 Å². The van der Waals surface area contributed by atoms with E-state index < -0.39 is 0 Å². The molecule has 0 radical (unpaired) electrons. The van der Waals surface area contributed by atoms with Crippen LogP contribution in [0.2, 0.25) is 5.02 Å². The summed E-state index contributed by atoms with van der Waals surface area (Å²) in [5.41, 5.74) is 1.64. The van der Waals surface area contributed by atoms with Gasteiger partial charge in [0.15, 0.2) is 0 Å². The van der Waals surface area contributed by atoms with Gasteiger partial charge in [0.25, 0.3) is 5.91 Å². The van der Waals surface area contributed by atoms with E-state index in [-0.39, 0.29) is 11.9 Å². The van der Waals surface area contributed by atoms with Crippen molar-refractivity contribution in [3.8, 4) is 5.75 Å². The molecule has 2 aromatic carbocycles. The Balaban J connectivity index is 2.17. The Morgan fingerprint density at radius 3 is 2.46 bits per heavy atom. The maximum absolute atomic E-state index is 12.6. The Bertz CT molecular complexity index is 671. The number of nitrogens with one attached hydrogen (secondary N) is 1. The summed E-state index contributed by atoms with van der Waals surface area (Å²) in [5, 5.41) is 3.57. The van der Waals surface area contributed by atoms with Crippen LogP contribution in [-0.2, 0) is 0 Å². The first-order chi connectivity index (χ1) is 11.5. The lowest BCUT2D eigenvalue weighted by Gasteiger charge is -2.21. The number of halogens is 1. The van der Waals surface area contributed by atoms with Gasteiger partial charge in [0.2, 0.25) is 0 Å². The lowest BCUT2D eigenvalue weighted by atomic mass is 9.96. The number of hydrogen-bond donors (Lipinski definition) is 1. The molecule has 0 aliphatic heterocycles. The summed E-state index contributed by atoms with van der Waals surface area (Å²) in [6.45, 7) is 6.73. The van der Waals surface area contributed by atoms with Crippen molar-refractivity contribution in [2.24, 2.45) is 5.92 Å². The van der Waals surface area contributed by atoms with Gasteiger partial charge in [-0.3, -0.25) is 4.79 Å². The molecule has 3 nitrogen and oxygen atoms in total. The predicted molar refractivity (Wildman–Crippen MR) is 98.7 cm³/mol. The Morgan fingerprint density at radius 2 is 1.88 bits per heavy atom. The van der Waals surface area contributed by atoms with Crippen LogP contribution in [0.3, 0.4) is 0 Å². The number of ether oxygens (including phenoxy) is 1. The summed E-state index contributed by atoms with van der Waals surface area (Å²) in [6, 6.07) is 15.1. The zero-order valence-corrected chi connectivity index (χ0v) is 15.1. The average Bonchev–Trinajstić information content (AvgIpc) is 2.56. The van der Waals surface area contributed by atoms with E-state index in [4.69, 9.17) is 16.3 Å². The molecule has 1 N–H and O–H groups in total. The number of carbonyl (C=O) groups excluding carboxylic acids is 1. The van der Waals surface area contributed by atoms with Crippen molar-refractivity contribution in [2.45, 2.75) is 33.2 Å². The third-order valence-electron chi connectivity index (χ3n) is 3.71. The second-order valence-electron chi connectivity index (χ2n) is 6.14. The molecule has 4 heteroatoms. The van der Waals surface area contributed by atoms with Gasteiger partial charge in [-0.25, -0.2) is 0 Å². The summed E-state index contributed by atoms with van der Waals surface area (Å²) in [5.74, 6) is 0.936. The molecule has 128 valence electrons. The summed E-state index contributed by atoms with van der Waals surface area (Å²) >= 11 is 6.19. The monoisotopic (exact) mass is 345 g/mol. The zero-order valence-electron chi connectivity index (χ0n) is 14.4. The molecule has 0 aliphatic rings. The molecule has 24 heavy (non-hydrogen) atoms. The van der Waals surface area contributed by atoms with Crippen molar-refractivity contribution in [3.05, 3.63) is 64.7 Å². The molecule has 0 aromatic heterocycles. The third-order valence-corrected chi connectivity index (χ3v) is 4.00. The maximum Gasteiger partial charge on any atom is 0.251 e. The molecule has 2 rings (SSSR count). The topological polar surface area (TPSA) is 38.3 Å². The zero-order chi connectivity index (χ0) is 17.5. The molecule has 2 aromatic rings. The first kappa shape index (κ1) is 18.3. The average molecular weight is 346 g/mol. The minimum absolute atomic E-state index is 0.0240. The number of rotatable bonds is 7. The van der Waals surface area contributed by atoms with Crippen LogP contribution in [0.25, 0.3) is 0 Å². The first-order valence-corrected chi connectivity index (χ1v) is 8.67. The van der Waals surface area contributed by atoms with E-state index in [0.717, 1.165) is 12.0 Å². The van der Waals surface area contributed by atoms with Crippen molar-refractivity contribution >= 4 is 17.5 Å². The lowest BCUT2D eigenvalue weighted by Crippen LogP contribution is -2.29. The normalized spacial score (nSPS) is 12.0. The smallest absolute Gasteiger partial charge is 0.251 e. The van der Waals surface area contributed by atoms with E-state index in [1.165, 1.54) is 0 Å². The molecule has 0 aliphatic carbocycles. The molecule has 0 fully saturated rings. The maximum atomic E-state index is 12.6. The van der Waals surface area contributed by atoms with Crippen molar-refractivity contribution < 1.29 is 9.53 Å². The molecule has 1 atom stereocenters. The fourth-order valence-corrected chi connectivity index (χ4v) is 2.83. The van der Waals surface area contributed by atoms with E-state index in [1.54, 1.807) is 18.2 Å². The van der Waals surface area contributed by atoms with Crippen LogP contribution in [0.15, 0.2) is 48.5 Å². The van der Waals surface area contributed by atoms with Crippen molar-refractivity contribution in [2.75, 3.05) is 6.61 Å². The molecule has 0 bridgehead atoms. The predicted octanol–water partition coefficient (Wildman–Crippen LogP) is 5.26. The minimum Gasteiger partial charge on any atom is -0.492 e. The summed E-state index contributed by atoms with van der Waals surface area (Å²) in [6.07, 6.45) is 0.876. The van der Waals surface area contributed by atoms with Crippen LogP contribution in [0.5, 0.6) is 5.75 Å². The van der Waals surface area contributed by atoms with E-state index in [2.05, 4.69) is 19.2 Å². The second-order valence-corrected chi connectivity index (χ2v) is 6.55. The molecule has 1 amide bonds. The van der Waals surface area contributed by atoms with Gasteiger partial charge < -0.3 is 10.1 Å². The Morgan fingerprint density at radius 1 is 1.17 bits per heavy atom. The van der Waals surface area contributed by atoms with Gasteiger partial charge in [-0.15, -0.1) is 0 Å². The van der Waals surface area contributed by atoms with Crippen molar-refractivity contribution in [1.82, 2.24) is 5.32 Å². The highest BCUT2D eigenvalue weighted by molar-refractivity contribution is 6.32. The van der Waals surface area contributed by atoms with E-state index in [0.29, 0.717) is 28.9 Å². The van der Waals surface area contributed by atoms with Gasteiger partial charge in [0.05, 0.1) is 17.7 Å². The largest absolute Gasteiger partial charge is 0.492 e. The van der Waals surface area contributed by atoms with Crippen LogP contribution in [-0.4, -0.2) is 12.5 Å². The highest BCUT2D eigenvalue weighted by Gasteiger charge is 2.18. The standard InChI is InChI=1S/C20H24ClNO2/c1-4-24-19-11-10-16(13-17(19)21)20(23)22-18(12-14(2)3)15-8-6-5-7-9-15/h5-11,13-14,18H,4,12H2,1-3H3,(H,22,23). The summed E-state index contributed by atoms with van der Waals surface area (Å²) in [4.78, 5) is 12.6. The number of amides is 1. The highest BCUT2D eigenvalue weighted by Crippen LogP contribution is 2.26. The van der Waals surface area contributed by atoms with Crippen LogP contribution in [0.1, 0.15) is 49.2 Å². The molecule has 0 spiro atoms. The summed E-state index contributed by atoms with van der Waals surface area (Å²) in [7, 11) is 0. The quantitative estimate of drug-likeness (QED) is 0.743. The number of hydrogen-bond acceptors (Lipinski definition) is 2. The minimum atomic E-state index is -0.130. The van der Waals surface area contributed by atoms with Gasteiger partial charge in [-0.05, 0) is 43.0 Å². The first-order valence-electron chi connectivity index (χ1n) is 8.29. The Labute approximate surface area is 149 Å². The van der Waals surface area contributed by atoms with Crippen LogP contribution >= 0.6 is 11.6 Å². The van der Waals surface area contributed by atoms with E-state index in [1.807, 2.05) is 37.3 Å². The van der Waals surface area contributed by atoms with Crippen molar-refractivity contribution in [3.63, 3.8) is 0 Å². The van der Waals surface area contributed by atoms with Crippen LogP contribution in [0.4, 0.5) is 0 Å². The molecule has 0 saturated heterocycles. The van der Waals surface area contributed by atoms with E-state index in [9.17, 15) is 4.79 Å². The summed E-state index contributed by atoms with van der Waals surface area (Å²) < 4.78 is 5.41. The van der Waals surface area contributed by atoms with E-state index >= 15 is 0 Å². The second kappa shape index (κ2) is 8.74. The van der Waals surface area contributed by atoms with Crippen LogP contribution in [0, 0.1) is 5.92 Å². The number of benzene rings is 2. The van der Waals surface area contributed by atoms with Crippen LogP contribution < -0.4 is 10.1 Å². The fraction of sp³-hybridized carbons (Fsp3) is 0.350. The van der Waals surface area contributed by atoms with Crippen molar-refractivity contribution in [1.29, 1.82) is 0 Å². The van der Waals surface area contributed by atoms with Gasteiger partial charge in [0.1, 0.15) is 5.75 Å². The number of carbonyl (C=O) groups is 1. The molecular formula is C20H24ClNO2. The molecular weight excluding hydrogens is 322 g/mol. The molecule has 0 saturated carbocycles. The SMILES string of the molecule is CCOc1ccc(C(=O)NC(CC(C)C)c2ccccc2)cc1Cl. The lowest BCUT2D eigenvalue weighted by molar-refractivity contribution is 0.0932. The Kier molecular flexibility index (Phi) is 6.68. The van der Waals surface area contributed by atoms with Gasteiger partial charge in [-0.1, -0.05) is 55.8 Å². The molecule has 0 heterocycles. The molecule has 1 unspecified atom stereocenters. The van der Waals surface area contributed by atoms with Gasteiger partial charge in [-0.2, -0.15) is 0 Å². The highest BCUT2D eigenvalue weighted by atomic mass is 35.5. The third kappa shape index (κ3) is 5.00. The fourth-order valence-electron chi connectivity index (χ4n) is 2.59.